The molecule has 4 fully saturated rings. The predicted molar refractivity (Wildman–Crippen MR) is 214 cm³/mol. The number of hydrogen-bond acceptors (Lipinski definition) is 9. The first-order valence-corrected chi connectivity index (χ1v) is 22.6. The molecule has 0 bridgehead atoms. The molecule has 7 atom stereocenters. The number of fused-ring (bicyclic) bond motifs is 5. The smallest absolute Gasteiger partial charge is 0.408 e. The van der Waals surface area contributed by atoms with Gasteiger partial charge in [0.2, 0.25) is 21.8 Å². The summed E-state index contributed by atoms with van der Waals surface area (Å²) in [6.45, 7) is 5.68. The number of benzene rings is 1. The number of nitrogens with zero attached hydrogens (tertiary/aromatic N) is 2. The van der Waals surface area contributed by atoms with Crippen molar-refractivity contribution in [1.82, 2.24) is 25.2 Å². The molecule has 6 aliphatic rings. The topological polar surface area (TPSA) is 173 Å². The zero-order valence-corrected chi connectivity index (χ0v) is 34.3. The van der Waals surface area contributed by atoms with Gasteiger partial charge >= 0.3 is 6.09 Å². The number of sulfonamides is 1. The fraction of sp³-hybridized carbons (Fsp3) is 0.651. The van der Waals surface area contributed by atoms with E-state index in [4.69, 9.17) is 14.5 Å². The van der Waals surface area contributed by atoms with E-state index < -0.39 is 67.7 Å². The van der Waals surface area contributed by atoms with Crippen LogP contribution in [0.5, 0.6) is 5.75 Å². The molecule has 1 saturated heterocycles. The standard InChI is InChI=1S/C43H57N5O8S/c1-27-13-9-12-18-35(27)55-40(52)45-33-17-8-6-4-5-7-14-29-19-22-43(29,39(51)47-57(53,54)41(3)23-24-41)46-37(49)34-25-42(26-48(34)38(33)50)21-20-31-30-15-10-11-16-32(30)44-28(2)36(31)56-42/h7,10-11,14-16,27,29,33-35H,4-6,8-9,12-13,17-26H2,1-3H3,(H,45,52)(H,46,49)(H,47,51). The van der Waals surface area contributed by atoms with E-state index in [9.17, 15) is 27.6 Å². The van der Waals surface area contributed by atoms with Crippen LogP contribution in [-0.2, 0) is 35.6 Å². The number of aromatic nitrogens is 1. The number of nitrogens with one attached hydrogen (secondary N) is 3. The molecule has 1 aromatic carbocycles. The number of carbonyl (C=O) groups is 4. The maximum Gasteiger partial charge on any atom is 0.408 e. The third-order valence-corrected chi connectivity index (χ3v) is 16.1. The Morgan fingerprint density at radius 1 is 1.00 bits per heavy atom. The molecular formula is C43H57N5O8S. The van der Waals surface area contributed by atoms with Crippen molar-refractivity contribution in [3.63, 3.8) is 0 Å². The summed E-state index contributed by atoms with van der Waals surface area (Å²) in [7, 11) is -3.99. The number of hydrogen-bond donors (Lipinski definition) is 3. The van der Waals surface area contributed by atoms with Crippen LogP contribution in [0.25, 0.3) is 10.9 Å². The van der Waals surface area contributed by atoms with Crippen LogP contribution in [0.15, 0.2) is 36.4 Å². The summed E-state index contributed by atoms with van der Waals surface area (Å²) in [6, 6.07) is 5.90. The van der Waals surface area contributed by atoms with Crippen molar-refractivity contribution in [2.75, 3.05) is 6.54 Å². The minimum Gasteiger partial charge on any atom is -0.483 e. The Bertz CT molecular complexity index is 2090. The summed E-state index contributed by atoms with van der Waals surface area (Å²) in [6.07, 6.45) is 13.3. The molecule has 14 heteroatoms. The van der Waals surface area contributed by atoms with E-state index in [-0.39, 0.29) is 31.4 Å². The molecule has 4 amide bonds. The molecule has 2 aromatic rings. The fourth-order valence-corrected chi connectivity index (χ4v) is 11.1. The van der Waals surface area contributed by atoms with Crippen LogP contribution in [0.4, 0.5) is 4.79 Å². The van der Waals surface area contributed by atoms with Crippen molar-refractivity contribution in [3.8, 4) is 5.75 Å². The minimum atomic E-state index is -3.99. The number of aryl methyl sites for hydroxylation is 2. The van der Waals surface area contributed by atoms with Gasteiger partial charge in [0.25, 0.3) is 5.91 Å². The highest BCUT2D eigenvalue weighted by Gasteiger charge is 2.59. The first kappa shape index (κ1) is 39.6. The van der Waals surface area contributed by atoms with E-state index in [0.717, 1.165) is 55.0 Å². The number of amides is 4. The van der Waals surface area contributed by atoms with E-state index in [1.165, 1.54) is 4.90 Å². The van der Waals surface area contributed by atoms with Crippen LogP contribution in [0, 0.1) is 18.8 Å². The lowest BCUT2D eigenvalue weighted by molar-refractivity contribution is -0.144. The van der Waals surface area contributed by atoms with Crippen molar-refractivity contribution in [2.24, 2.45) is 11.8 Å². The summed E-state index contributed by atoms with van der Waals surface area (Å²) in [4.78, 5) is 63.8. The van der Waals surface area contributed by atoms with E-state index >= 15 is 0 Å². The Morgan fingerprint density at radius 2 is 1.77 bits per heavy atom. The fourth-order valence-electron chi connectivity index (χ4n) is 9.79. The predicted octanol–water partition coefficient (Wildman–Crippen LogP) is 5.67. The number of rotatable bonds is 5. The van der Waals surface area contributed by atoms with E-state index in [0.29, 0.717) is 62.8 Å². The largest absolute Gasteiger partial charge is 0.483 e. The molecule has 3 aliphatic carbocycles. The number of carbonyl (C=O) groups excluding carboxylic acids is 4. The van der Waals surface area contributed by atoms with Gasteiger partial charge < -0.3 is 25.0 Å². The lowest BCUT2D eigenvalue weighted by Crippen LogP contribution is -2.70. The normalized spacial score (nSPS) is 32.6. The van der Waals surface area contributed by atoms with Crippen LogP contribution in [0.2, 0.25) is 0 Å². The monoisotopic (exact) mass is 803 g/mol. The summed E-state index contributed by atoms with van der Waals surface area (Å²) in [5, 5.41) is 6.94. The van der Waals surface area contributed by atoms with Gasteiger partial charge in [0, 0.05) is 23.3 Å². The lowest BCUT2D eigenvalue weighted by Gasteiger charge is -2.48. The summed E-state index contributed by atoms with van der Waals surface area (Å²) in [5.74, 6) is -1.29. The van der Waals surface area contributed by atoms with Gasteiger partial charge in [-0.05, 0) is 103 Å². The Hall–Kier alpha value is -4.20. The van der Waals surface area contributed by atoms with Crippen LogP contribution in [0.3, 0.4) is 0 Å². The van der Waals surface area contributed by atoms with E-state index in [1.54, 1.807) is 6.92 Å². The molecule has 4 heterocycles. The van der Waals surface area contributed by atoms with Gasteiger partial charge in [-0.1, -0.05) is 56.5 Å². The van der Waals surface area contributed by atoms with Crippen LogP contribution in [0.1, 0.15) is 121 Å². The minimum absolute atomic E-state index is 0.0811. The van der Waals surface area contributed by atoms with Gasteiger partial charge in [-0.15, -0.1) is 0 Å². The second-order valence-electron chi connectivity index (χ2n) is 18.0. The molecule has 3 saturated carbocycles. The molecular weight excluding hydrogens is 747 g/mol. The molecule has 1 spiro atoms. The highest BCUT2D eigenvalue weighted by Crippen LogP contribution is 2.47. The van der Waals surface area contributed by atoms with E-state index in [1.807, 2.05) is 43.3 Å². The average molecular weight is 804 g/mol. The highest BCUT2D eigenvalue weighted by molar-refractivity contribution is 7.91. The molecule has 308 valence electrons. The number of ether oxygens (including phenoxy) is 2. The Balaban J connectivity index is 1.13. The van der Waals surface area contributed by atoms with Crippen LogP contribution in [-0.4, -0.2) is 82.7 Å². The Labute approximate surface area is 335 Å². The molecule has 13 nitrogen and oxygen atoms in total. The van der Waals surface area contributed by atoms with Gasteiger partial charge in [-0.2, -0.15) is 0 Å². The van der Waals surface area contributed by atoms with Crippen molar-refractivity contribution in [1.29, 1.82) is 0 Å². The zero-order valence-electron chi connectivity index (χ0n) is 33.4. The Kier molecular flexibility index (Phi) is 10.6. The summed E-state index contributed by atoms with van der Waals surface area (Å²) < 4.78 is 40.8. The molecule has 7 unspecified atom stereocenters. The van der Waals surface area contributed by atoms with Gasteiger partial charge in [-0.25, -0.2) is 18.2 Å². The number of alkyl carbamates (subject to hydrolysis) is 1. The maximum atomic E-state index is 14.9. The first-order chi connectivity index (χ1) is 27.2. The number of pyridine rings is 1. The number of allylic oxidation sites excluding steroid dienone is 1. The molecule has 3 aliphatic heterocycles. The summed E-state index contributed by atoms with van der Waals surface area (Å²) in [5.41, 5.74) is 0.150. The third kappa shape index (κ3) is 7.51. The SMILES string of the molecule is Cc1nc2ccccc2c2c1OC1(CC2)CC2C(=O)NC3(C(=O)NS(=O)(=O)C4(C)CC4)CCC3C=CCCCCCC(NC(=O)OC3CCCCC3C)C(=O)N2C1. The van der Waals surface area contributed by atoms with Gasteiger partial charge in [0.05, 0.1) is 22.5 Å². The lowest BCUT2D eigenvalue weighted by atomic mass is 9.65. The van der Waals surface area contributed by atoms with Crippen molar-refractivity contribution in [3.05, 3.63) is 47.7 Å². The molecule has 3 N–H and O–H groups in total. The maximum absolute atomic E-state index is 14.9. The van der Waals surface area contributed by atoms with E-state index in [2.05, 4.69) is 22.3 Å². The summed E-state index contributed by atoms with van der Waals surface area (Å²) >= 11 is 0. The third-order valence-electron chi connectivity index (χ3n) is 13.9. The van der Waals surface area contributed by atoms with Crippen molar-refractivity contribution >= 4 is 44.7 Å². The van der Waals surface area contributed by atoms with Crippen molar-refractivity contribution in [2.45, 2.75) is 158 Å². The van der Waals surface area contributed by atoms with Crippen LogP contribution < -0.4 is 20.1 Å². The van der Waals surface area contributed by atoms with Crippen molar-refractivity contribution < 1.29 is 37.1 Å². The molecule has 1 aromatic heterocycles. The molecule has 57 heavy (non-hydrogen) atoms. The number of para-hydroxylation sites is 1. The van der Waals surface area contributed by atoms with Gasteiger partial charge in [0.15, 0.2) is 0 Å². The highest BCUT2D eigenvalue weighted by atomic mass is 32.2. The molecule has 8 rings (SSSR count). The zero-order chi connectivity index (χ0) is 40.2. The quantitative estimate of drug-likeness (QED) is 0.322. The second-order valence-corrected chi connectivity index (χ2v) is 20.1. The van der Waals surface area contributed by atoms with Crippen LogP contribution >= 0.6 is 0 Å². The Morgan fingerprint density at radius 3 is 2.53 bits per heavy atom. The average Bonchev–Trinajstić information content (AvgIpc) is 3.84. The van der Waals surface area contributed by atoms with Gasteiger partial charge in [0.1, 0.15) is 35.1 Å². The van der Waals surface area contributed by atoms with Gasteiger partial charge in [-0.3, -0.25) is 19.1 Å². The molecule has 0 radical (unpaired) electrons. The second kappa shape index (κ2) is 15.2. The first-order valence-electron chi connectivity index (χ1n) is 21.1.